The Balaban J connectivity index is 1.84. The molecule has 0 spiro atoms. The first kappa shape index (κ1) is 13.4. The van der Waals surface area contributed by atoms with Crippen LogP contribution in [0.3, 0.4) is 0 Å². The molecule has 2 aromatic carbocycles. The summed E-state index contributed by atoms with van der Waals surface area (Å²) in [6, 6.07) is 14.6. The number of fused-ring (bicyclic) bond motifs is 1. The SMILES string of the molecule is NC(=S)c1c(Cl)cccc1NC1Cc2ccccc2C1. The second kappa shape index (κ2) is 5.43. The highest BCUT2D eigenvalue weighted by Crippen LogP contribution is 2.28. The summed E-state index contributed by atoms with van der Waals surface area (Å²) in [5.41, 5.74) is 10.2. The third kappa shape index (κ3) is 2.51. The van der Waals surface area contributed by atoms with E-state index in [1.807, 2.05) is 18.2 Å². The molecule has 1 aliphatic rings. The van der Waals surface area contributed by atoms with Crippen LogP contribution in [0.2, 0.25) is 5.02 Å². The van der Waals surface area contributed by atoms with Gasteiger partial charge in [0.15, 0.2) is 0 Å². The lowest BCUT2D eigenvalue weighted by molar-refractivity contribution is 0.774. The molecule has 3 N–H and O–H groups in total. The Morgan fingerprint density at radius 2 is 1.75 bits per heavy atom. The molecule has 0 atom stereocenters. The second-order valence-electron chi connectivity index (χ2n) is 5.04. The van der Waals surface area contributed by atoms with Crippen molar-refractivity contribution in [3.8, 4) is 0 Å². The largest absolute Gasteiger partial charge is 0.389 e. The second-order valence-corrected chi connectivity index (χ2v) is 5.89. The Hall–Kier alpha value is -1.58. The molecule has 0 unspecified atom stereocenters. The fraction of sp³-hybridized carbons (Fsp3) is 0.188. The fourth-order valence-electron chi connectivity index (χ4n) is 2.78. The van der Waals surface area contributed by atoms with Gasteiger partial charge in [0.05, 0.1) is 10.6 Å². The fourth-order valence-corrected chi connectivity index (χ4v) is 3.33. The van der Waals surface area contributed by atoms with E-state index in [9.17, 15) is 0 Å². The van der Waals surface area contributed by atoms with Gasteiger partial charge < -0.3 is 11.1 Å². The van der Waals surface area contributed by atoms with Gasteiger partial charge in [0, 0.05) is 11.7 Å². The summed E-state index contributed by atoms with van der Waals surface area (Å²) in [4.78, 5) is 0.327. The van der Waals surface area contributed by atoms with E-state index < -0.39 is 0 Å². The molecule has 0 aliphatic heterocycles. The number of hydrogen-bond acceptors (Lipinski definition) is 2. The van der Waals surface area contributed by atoms with E-state index in [0.717, 1.165) is 24.1 Å². The van der Waals surface area contributed by atoms with Gasteiger partial charge in [-0.05, 0) is 36.1 Å². The maximum absolute atomic E-state index is 6.19. The lowest BCUT2D eigenvalue weighted by Gasteiger charge is -2.17. The minimum atomic E-state index is 0.327. The number of nitrogens with one attached hydrogen (secondary N) is 1. The molecule has 20 heavy (non-hydrogen) atoms. The first-order chi connectivity index (χ1) is 9.65. The molecule has 2 nitrogen and oxygen atoms in total. The number of anilines is 1. The van der Waals surface area contributed by atoms with Gasteiger partial charge in [-0.1, -0.05) is 54.2 Å². The molecule has 0 saturated heterocycles. The smallest absolute Gasteiger partial charge is 0.107 e. The molecule has 0 aromatic heterocycles. The van der Waals surface area contributed by atoms with Crippen molar-refractivity contribution in [2.75, 3.05) is 5.32 Å². The molecular formula is C16H15ClN2S. The van der Waals surface area contributed by atoms with E-state index in [0.29, 0.717) is 16.1 Å². The van der Waals surface area contributed by atoms with Crippen LogP contribution in [0.15, 0.2) is 42.5 Å². The van der Waals surface area contributed by atoms with Crippen molar-refractivity contribution in [2.45, 2.75) is 18.9 Å². The van der Waals surface area contributed by atoms with E-state index in [1.165, 1.54) is 11.1 Å². The average Bonchev–Trinajstić information content (AvgIpc) is 2.80. The van der Waals surface area contributed by atoms with Crippen LogP contribution in [-0.4, -0.2) is 11.0 Å². The van der Waals surface area contributed by atoms with E-state index in [4.69, 9.17) is 29.6 Å². The first-order valence-corrected chi connectivity index (χ1v) is 7.35. The average molecular weight is 303 g/mol. The molecule has 0 amide bonds. The zero-order valence-electron chi connectivity index (χ0n) is 10.9. The van der Waals surface area contributed by atoms with Gasteiger partial charge in [-0.15, -0.1) is 0 Å². The van der Waals surface area contributed by atoms with Gasteiger partial charge in [-0.25, -0.2) is 0 Å². The van der Waals surface area contributed by atoms with Crippen molar-refractivity contribution in [1.29, 1.82) is 0 Å². The van der Waals surface area contributed by atoms with Gasteiger partial charge in [0.2, 0.25) is 0 Å². The minimum Gasteiger partial charge on any atom is -0.389 e. The van der Waals surface area contributed by atoms with Crippen LogP contribution in [-0.2, 0) is 12.8 Å². The monoisotopic (exact) mass is 302 g/mol. The molecule has 1 aliphatic carbocycles. The molecule has 2 aromatic rings. The molecule has 0 heterocycles. The lowest BCUT2D eigenvalue weighted by Crippen LogP contribution is -2.22. The molecular weight excluding hydrogens is 288 g/mol. The van der Waals surface area contributed by atoms with Crippen LogP contribution in [0.1, 0.15) is 16.7 Å². The van der Waals surface area contributed by atoms with Crippen LogP contribution >= 0.6 is 23.8 Å². The van der Waals surface area contributed by atoms with Crippen molar-refractivity contribution < 1.29 is 0 Å². The van der Waals surface area contributed by atoms with Crippen LogP contribution < -0.4 is 11.1 Å². The maximum Gasteiger partial charge on any atom is 0.107 e. The maximum atomic E-state index is 6.19. The summed E-state index contributed by atoms with van der Waals surface area (Å²) in [6.07, 6.45) is 2.03. The predicted molar refractivity (Wildman–Crippen MR) is 88.6 cm³/mol. The number of nitrogens with two attached hydrogens (primary N) is 1. The molecule has 3 rings (SSSR count). The van der Waals surface area contributed by atoms with Crippen molar-refractivity contribution in [2.24, 2.45) is 5.73 Å². The topological polar surface area (TPSA) is 38.0 Å². The van der Waals surface area contributed by atoms with Crippen molar-refractivity contribution >= 4 is 34.5 Å². The summed E-state index contributed by atoms with van der Waals surface area (Å²) in [7, 11) is 0. The number of hydrogen-bond donors (Lipinski definition) is 2. The van der Waals surface area contributed by atoms with Crippen molar-refractivity contribution in [3.63, 3.8) is 0 Å². The van der Waals surface area contributed by atoms with Crippen LogP contribution in [0.25, 0.3) is 0 Å². The van der Waals surface area contributed by atoms with E-state index in [2.05, 4.69) is 29.6 Å². The molecule has 102 valence electrons. The molecule has 0 fully saturated rings. The summed E-state index contributed by atoms with van der Waals surface area (Å²) >= 11 is 11.3. The molecule has 0 saturated carbocycles. The summed E-state index contributed by atoms with van der Waals surface area (Å²) < 4.78 is 0. The Labute approximate surface area is 128 Å². The van der Waals surface area contributed by atoms with Crippen molar-refractivity contribution in [1.82, 2.24) is 0 Å². The first-order valence-electron chi connectivity index (χ1n) is 6.57. The van der Waals surface area contributed by atoms with Gasteiger partial charge in [0.25, 0.3) is 0 Å². The summed E-state index contributed by atoms with van der Waals surface area (Å²) in [5, 5.41) is 4.12. The summed E-state index contributed by atoms with van der Waals surface area (Å²) in [5.74, 6) is 0. The zero-order valence-corrected chi connectivity index (χ0v) is 12.5. The van der Waals surface area contributed by atoms with E-state index >= 15 is 0 Å². The van der Waals surface area contributed by atoms with Crippen LogP contribution in [0.5, 0.6) is 0 Å². The normalized spacial score (nSPS) is 14.1. The Bertz CT molecular complexity index is 644. The molecule has 0 radical (unpaired) electrons. The lowest BCUT2D eigenvalue weighted by atomic mass is 10.1. The van der Waals surface area contributed by atoms with Crippen molar-refractivity contribution in [3.05, 3.63) is 64.2 Å². The highest BCUT2D eigenvalue weighted by molar-refractivity contribution is 7.80. The van der Waals surface area contributed by atoms with Crippen LogP contribution in [0.4, 0.5) is 5.69 Å². The third-order valence-corrected chi connectivity index (χ3v) is 4.19. The molecule has 4 heteroatoms. The third-order valence-electron chi connectivity index (χ3n) is 3.67. The highest BCUT2D eigenvalue weighted by Gasteiger charge is 2.22. The summed E-state index contributed by atoms with van der Waals surface area (Å²) in [6.45, 7) is 0. The quantitative estimate of drug-likeness (QED) is 0.852. The van der Waals surface area contributed by atoms with E-state index in [-0.39, 0.29) is 0 Å². The van der Waals surface area contributed by atoms with Gasteiger partial charge in [-0.2, -0.15) is 0 Å². The number of thiocarbonyl (C=S) groups is 1. The number of halogens is 1. The van der Waals surface area contributed by atoms with Gasteiger partial charge in [-0.3, -0.25) is 0 Å². The van der Waals surface area contributed by atoms with Crippen LogP contribution in [0, 0.1) is 0 Å². The number of benzene rings is 2. The zero-order chi connectivity index (χ0) is 14.1. The Morgan fingerprint density at radius 3 is 2.35 bits per heavy atom. The Kier molecular flexibility index (Phi) is 3.64. The number of rotatable bonds is 3. The predicted octanol–water partition coefficient (Wildman–Crippen LogP) is 3.55. The standard InChI is InChI=1S/C16H15ClN2S/c17-13-6-3-7-14(15(13)16(18)20)19-12-8-10-4-1-2-5-11(10)9-12/h1-7,12,19H,8-9H2,(H2,18,20). The highest BCUT2D eigenvalue weighted by atomic mass is 35.5. The Morgan fingerprint density at radius 1 is 1.10 bits per heavy atom. The van der Waals surface area contributed by atoms with Gasteiger partial charge >= 0.3 is 0 Å². The van der Waals surface area contributed by atoms with Gasteiger partial charge in [0.1, 0.15) is 4.99 Å². The minimum absolute atomic E-state index is 0.327. The molecule has 0 bridgehead atoms. The van der Waals surface area contributed by atoms with E-state index in [1.54, 1.807) is 0 Å².